The fourth-order valence-electron chi connectivity index (χ4n) is 4.22. The first kappa shape index (κ1) is 16.5. The zero-order valence-corrected chi connectivity index (χ0v) is 15.2. The third-order valence-electron chi connectivity index (χ3n) is 5.53. The molecule has 5 rings (SSSR count). The molecule has 5 N–H and O–H groups in total. The maximum atomic E-state index is 9.85. The lowest BCUT2D eigenvalue weighted by Gasteiger charge is -2.21. The number of nitrogens with one attached hydrogen (secondary N) is 1. The molecular weight excluding hydrogens is 348 g/mol. The van der Waals surface area contributed by atoms with Gasteiger partial charge in [0, 0.05) is 34.8 Å². The summed E-state index contributed by atoms with van der Waals surface area (Å²) in [4.78, 5) is 3.30. The predicted molar refractivity (Wildman–Crippen MR) is 112 cm³/mol. The van der Waals surface area contributed by atoms with Crippen molar-refractivity contribution in [3.63, 3.8) is 0 Å². The van der Waals surface area contributed by atoms with E-state index in [0.717, 1.165) is 45.3 Å². The van der Waals surface area contributed by atoms with E-state index in [2.05, 4.69) is 23.2 Å². The van der Waals surface area contributed by atoms with Gasteiger partial charge in [-0.1, -0.05) is 24.3 Å². The van der Waals surface area contributed by atoms with Gasteiger partial charge in [-0.2, -0.15) is 0 Å². The molecule has 1 atom stereocenters. The highest BCUT2D eigenvalue weighted by atomic mass is 16.3. The van der Waals surface area contributed by atoms with Crippen LogP contribution < -0.4 is 5.73 Å². The fourth-order valence-corrected chi connectivity index (χ4v) is 4.22. The van der Waals surface area contributed by atoms with E-state index in [9.17, 15) is 10.2 Å². The number of aromatic hydroxyl groups is 2. The second-order valence-electron chi connectivity index (χ2n) is 7.28. The highest BCUT2D eigenvalue weighted by Crippen LogP contribution is 2.45. The van der Waals surface area contributed by atoms with E-state index < -0.39 is 0 Å². The third kappa shape index (κ3) is 2.62. The van der Waals surface area contributed by atoms with Crippen LogP contribution in [0, 0.1) is 0 Å². The van der Waals surface area contributed by atoms with Gasteiger partial charge in [0.2, 0.25) is 0 Å². The van der Waals surface area contributed by atoms with Crippen molar-refractivity contribution in [2.45, 2.75) is 12.3 Å². The minimum absolute atomic E-state index is 0.0182. The minimum Gasteiger partial charge on any atom is -0.508 e. The van der Waals surface area contributed by atoms with Crippen LogP contribution in [0.1, 0.15) is 28.2 Å². The molecule has 1 heterocycles. The van der Waals surface area contributed by atoms with Gasteiger partial charge in [-0.05, 0) is 70.6 Å². The van der Waals surface area contributed by atoms with E-state index in [-0.39, 0.29) is 11.7 Å². The van der Waals surface area contributed by atoms with Gasteiger partial charge in [-0.15, -0.1) is 0 Å². The third-order valence-corrected chi connectivity index (χ3v) is 5.53. The number of H-pyrrole nitrogens is 1. The molecule has 28 heavy (non-hydrogen) atoms. The Morgan fingerprint density at radius 3 is 2.46 bits per heavy atom. The average Bonchev–Trinajstić information content (AvgIpc) is 3.28. The van der Waals surface area contributed by atoms with Crippen molar-refractivity contribution in [3.05, 3.63) is 95.2 Å². The number of benzene rings is 3. The average molecular weight is 368 g/mol. The van der Waals surface area contributed by atoms with Crippen molar-refractivity contribution in [3.8, 4) is 11.5 Å². The Bertz CT molecular complexity index is 1220. The smallest absolute Gasteiger partial charge is 0.117 e. The number of anilines is 1. The molecule has 0 radical (unpaired) electrons. The summed E-state index contributed by atoms with van der Waals surface area (Å²) in [6.07, 6.45) is 5.06. The second kappa shape index (κ2) is 6.20. The molecule has 3 aromatic carbocycles. The van der Waals surface area contributed by atoms with Gasteiger partial charge >= 0.3 is 0 Å². The molecule has 0 saturated heterocycles. The maximum absolute atomic E-state index is 9.85. The van der Waals surface area contributed by atoms with Gasteiger partial charge in [-0.25, -0.2) is 0 Å². The standard InChI is InChI=1S/C24H20N2O2/c25-16-4-1-14(2-5-16)24(21-8-3-15-11-17(27)6-9-19(15)21)22-13-26-23-12-18(28)7-10-20(22)23/h1-2,4-13,24,26-28H,3,25H2. The summed E-state index contributed by atoms with van der Waals surface area (Å²) in [5.41, 5.74) is 13.4. The summed E-state index contributed by atoms with van der Waals surface area (Å²) >= 11 is 0. The monoisotopic (exact) mass is 368 g/mol. The van der Waals surface area contributed by atoms with Crippen LogP contribution in [0.15, 0.2) is 72.9 Å². The number of rotatable bonds is 3. The highest BCUT2D eigenvalue weighted by Gasteiger charge is 2.27. The lowest BCUT2D eigenvalue weighted by molar-refractivity contribution is 0.474. The van der Waals surface area contributed by atoms with Crippen molar-refractivity contribution in [2.24, 2.45) is 0 Å². The normalized spacial score (nSPS) is 14.1. The van der Waals surface area contributed by atoms with Gasteiger partial charge in [0.25, 0.3) is 0 Å². The number of aromatic amines is 1. The van der Waals surface area contributed by atoms with Crippen LogP contribution in [-0.4, -0.2) is 15.2 Å². The molecule has 4 aromatic rings. The molecule has 1 aliphatic rings. The summed E-state index contributed by atoms with van der Waals surface area (Å²) in [5, 5.41) is 20.8. The van der Waals surface area contributed by atoms with Crippen LogP contribution in [0.4, 0.5) is 5.69 Å². The number of hydrogen-bond donors (Lipinski definition) is 4. The molecule has 0 aliphatic heterocycles. The number of allylic oxidation sites excluding steroid dienone is 2. The van der Waals surface area contributed by atoms with Crippen LogP contribution >= 0.6 is 0 Å². The zero-order valence-electron chi connectivity index (χ0n) is 15.2. The molecule has 1 aromatic heterocycles. The van der Waals surface area contributed by atoms with E-state index >= 15 is 0 Å². The van der Waals surface area contributed by atoms with E-state index in [1.165, 1.54) is 5.57 Å². The van der Waals surface area contributed by atoms with E-state index in [0.29, 0.717) is 5.75 Å². The lowest BCUT2D eigenvalue weighted by atomic mass is 9.82. The maximum Gasteiger partial charge on any atom is 0.117 e. The van der Waals surface area contributed by atoms with Crippen molar-refractivity contribution in [1.29, 1.82) is 0 Å². The molecule has 138 valence electrons. The fraction of sp³-hybridized carbons (Fsp3) is 0.0833. The summed E-state index contributed by atoms with van der Waals surface area (Å²) < 4.78 is 0. The van der Waals surface area contributed by atoms with Gasteiger partial charge in [0.1, 0.15) is 11.5 Å². The van der Waals surface area contributed by atoms with E-state index in [1.807, 2.05) is 36.5 Å². The molecule has 4 nitrogen and oxygen atoms in total. The van der Waals surface area contributed by atoms with E-state index in [4.69, 9.17) is 5.73 Å². The van der Waals surface area contributed by atoms with Crippen LogP contribution in [0.2, 0.25) is 0 Å². The zero-order chi connectivity index (χ0) is 19.3. The number of fused-ring (bicyclic) bond motifs is 2. The molecular formula is C24H20N2O2. The molecule has 0 spiro atoms. The Hall–Kier alpha value is -3.66. The summed E-state index contributed by atoms with van der Waals surface area (Å²) in [5.74, 6) is 0.551. The first-order chi connectivity index (χ1) is 13.6. The molecule has 0 saturated carbocycles. The van der Waals surface area contributed by atoms with Crippen LogP contribution in [0.25, 0.3) is 16.5 Å². The van der Waals surface area contributed by atoms with Crippen LogP contribution in [-0.2, 0) is 6.42 Å². The van der Waals surface area contributed by atoms with Gasteiger partial charge in [-0.3, -0.25) is 0 Å². The minimum atomic E-state index is 0.0182. The molecule has 0 bridgehead atoms. The molecule has 4 heteroatoms. The number of nitrogen functional groups attached to an aromatic ring is 1. The van der Waals surface area contributed by atoms with Crippen molar-refractivity contribution in [1.82, 2.24) is 4.98 Å². The second-order valence-corrected chi connectivity index (χ2v) is 7.28. The first-order valence-corrected chi connectivity index (χ1v) is 9.28. The Labute approximate surface area is 162 Å². The number of nitrogens with two attached hydrogens (primary N) is 1. The van der Waals surface area contributed by atoms with Crippen LogP contribution in [0.3, 0.4) is 0 Å². The van der Waals surface area contributed by atoms with Gasteiger partial charge < -0.3 is 20.9 Å². The Balaban J connectivity index is 1.72. The Morgan fingerprint density at radius 1 is 0.893 bits per heavy atom. The quantitative estimate of drug-likeness (QED) is 0.387. The Kier molecular flexibility index (Phi) is 3.66. The molecule has 0 fully saturated rings. The van der Waals surface area contributed by atoms with Gasteiger partial charge in [0.15, 0.2) is 0 Å². The van der Waals surface area contributed by atoms with E-state index in [1.54, 1.807) is 18.2 Å². The largest absolute Gasteiger partial charge is 0.508 e. The van der Waals surface area contributed by atoms with Crippen molar-refractivity contribution >= 4 is 22.2 Å². The number of phenols is 2. The van der Waals surface area contributed by atoms with Crippen LogP contribution in [0.5, 0.6) is 11.5 Å². The Morgan fingerprint density at radius 2 is 1.64 bits per heavy atom. The summed E-state index contributed by atoms with van der Waals surface area (Å²) in [6, 6.07) is 19.0. The lowest BCUT2D eigenvalue weighted by Crippen LogP contribution is -2.03. The van der Waals surface area contributed by atoms with Gasteiger partial charge in [0.05, 0.1) is 0 Å². The number of aromatic nitrogens is 1. The highest BCUT2D eigenvalue weighted by molar-refractivity contribution is 5.90. The first-order valence-electron chi connectivity index (χ1n) is 9.28. The van der Waals surface area contributed by atoms with Crippen molar-refractivity contribution < 1.29 is 10.2 Å². The topological polar surface area (TPSA) is 82.3 Å². The molecule has 0 amide bonds. The summed E-state index contributed by atoms with van der Waals surface area (Å²) in [7, 11) is 0. The number of hydrogen-bond acceptors (Lipinski definition) is 3. The molecule has 1 unspecified atom stereocenters. The van der Waals surface area contributed by atoms with Crippen molar-refractivity contribution in [2.75, 3.05) is 5.73 Å². The SMILES string of the molecule is Nc1ccc(C(C2=CCc3cc(O)ccc32)c2c[nH]c3cc(O)ccc23)cc1. The number of phenolic OH excluding ortho intramolecular Hbond substituents is 2. The predicted octanol–water partition coefficient (Wildman–Crippen LogP) is 4.93. The molecule has 1 aliphatic carbocycles. The summed E-state index contributed by atoms with van der Waals surface area (Å²) in [6.45, 7) is 0.